The van der Waals surface area contributed by atoms with E-state index in [4.69, 9.17) is 4.74 Å². The molecule has 8 heteroatoms. The van der Waals surface area contributed by atoms with Gasteiger partial charge >= 0.3 is 0 Å². The average Bonchev–Trinajstić information content (AvgIpc) is 2.45. The Bertz CT molecular complexity index is 751. The Labute approximate surface area is 140 Å². The molecule has 0 saturated carbocycles. The highest BCUT2D eigenvalue weighted by atomic mass is 79.9. The molecule has 0 unspecified atom stereocenters. The predicted octanol–water partition coefficient (Wildman–Crippen LogP) is 3.09. The maximum Gasteiger partial charge on any atom is 0.241 e. The first-order chi connectivity index (χ1) is 9.92. The number of pyridine rings is 1. The molecule has 0 bridgehead atoms. The second-order valence-corrected chi connectivity index (χ2v) is 7.61. The lowest BCUT2D eigenvalue weighted by molar-refractivity contribution is 0.397. The molecule has 1 aromatic carbocycles. The standard InChI is InChI=1S/C13H12Br2N2O3S/c1-20-13-6-9(4-5-16-13)8-17-21(18,19)12-3-2-10(14)7-11(12)15/h2-7,17H,8H2,1H3. The van der Waals surface area contributed by atoms with Crippen LogP contribution in [-0.2, 0) is 16.6 Å². The van der Waals surface area contributed by atoms with Gasteiger partial charge < -0.3 is 4.74 Å². The van der Waals surface area contributed by atoms with Crippen molar-refractivity contribution in [2.24, 2.45) is 0 Å². The van der Waals surface area contributed by atoms with Crippen LogP contribution in [0.2, 0.25) is 0 Å². The van der Waals surface area contributed by atoms with E-state index >= 15 is 0 Å². The Hall–Kier alpha value is -0.960. The van der Waals surface area contributed by atoms with Crippen LogP contribution in [0.3, 0.4) is 0 Å². The lowest BCUT2D eigenvalue weighted by Crippen LogP contribution is -2.23. The van der Waals surface area contributed by atoms with Gasteiger partial charge in [0.2, 0.25) is 15.9 Å². The topological polar surface area (TPSA) is 68.3 Å². The van der Waals surface area contributed by atoms with E-state index in [-0.39, 0.29) is 11.4 Å². The molecule has 1 N–H and O–H groups in total. The Morgan fingerprint density at radius 2 is 2.00 bits per heavy atom. The van der Waals surface area contributed by atoms with Gasteiger partial charge in [0.1, 0.15) is 0 Å². The summed E-state index contributed by atoms with van der Waals surface area (Å²) in [6, 6.07) is 8.29. The first-order valence-electron chi connectivity index (χ1n) is 5.86. The van der Waals surface area contributed by atoms with Crippen LogP contribution in [0.5, 0.6) is 5.88 Å². The van der Waals surface area contributed by atoms with Gasteiger partial charge in [-0.1, -0.05) is 15.9 Å². The van der Waals surface area contributed by atoms with Gasteiger partial charge in [0.05, 0.1) is 12.0 Å². The zero-order chi connectivity index (χ0) is 15.5. The van der Waals surface area contributed by atoms with Gasteiger partial charge in [-0.05, 0) is 45.8 Å². The Balaban J connectivity index is 2.17. The maximum absolute atomic E-state index is 12.3. The minimum atomic E-state index is -3.60. The zero-order valence-electron chi connectivity index (χ0n) is 11.0. The molecule has 0 atom stereocenters. The summed E-state index contributed by atoms with van der Waals surface area (Å²) in [7, 11) is -2.10. The molecule has 2 aromatic rings. The van der Waals surface area contributed by atoms with Crippen molar-refractivity contribution in [2.75, 3.05) is 7.11 Å². The molecule has 2 rings (SSSR count). The third-order valence-electron chi connectivity index (χ3n) is 2.66. The van der Waals surface area contributed by atoms with E-state index in [1.165, 1.54) is 13.2 Å². The fraction of sp³-hybridized carbons (Fsp3) is 0.154. The minimum Gasteiger partial charge on any atom is -0.481 e. The van der Waals surface area contributed by atoms with Gasteiger partial charge in [-0.2, -0.15) is 0 Å². The molecule has 0 radical (unpaired) electrons. The minimum absolute atomic E-state index is 0.156. The summed E-state index contributed by atoms with van der Waals surface area (Å²) in [5.41, 5.74) is 0.763. The SMILES string of the molecule is COc1cc(CNS(=O)(=O)c2ccc(Br)cc2Br)ccn1. The first kappa shape index (κ1) is 16.4. The van der Waals surface area contributed by atoms with E-state index in [1.54, 1.807) is 30.5 Å². The van der Waals surface area contributed by atoms with Gasteiger partial charge in [-0.3, -0.25) is 0 Å². The molecule has 0 spiro atoms. The normalized spacial score (nSPS) is 11.4. The van der Waals surface area contributed by atoms with E-state index in [0.717, 1.165) is 10.0 Å². The fourth-order valence-corrected chi connectivity index (χ4v) is 4.38. The van der Waals surface area contributed by atoms with Crippen LogP contribution < -0.4 is 9.46 Å². The number of ether oxygens (including phenoxy) is 1. The monoisotopic (exact) mass is 434 g/mol. The molecule has 112 valence electrons. The van der Waals surface area contributed by atoms with E-state index in [0.29, 0.717) is 10.4 Å². The molecule has 0 amide bonds. The predicted molar refractivity (Wildman–Crippen MR) is 86.7 cm³/mol. The molecule has 5 nitrogen and oxygen atoms in total. The van der Waals surface area contributed by atoms with Crippen molar-refractivity contribution in [1.29, 1.82) is 0 Å². The second kappa shape index (κ2) is 6.87. The highest BCUT2D eigenvalue weighted by Crippen LogP contribution is 2.25. The Kier molecular flexibility index (Phi) is 5.37. The summed E-state index contributed by atoms with van der Waals surface area (Å²) >= 11 is 6.54. The maximum atomic E-state index is 12.3. The van der Waals surface area contributed by atoms with Gasteiger partial charge in [0, 0.05) is 27.8 Å². The molecular weight excluding hydrogens is 424 g/mol. The number of nitrogens with one attached hydrogen (secondary N) is 1. The second-order valence-electron chi connectivity index (χ2n) is 4.11. The first-order valence-corrected chi connectivity index (χ1v) is 8.93. The van der Waals surface area contributed by atoms with Crippen LogP contribution in [0.25, 0.3) is 0 Å². The Morgan fingerprint density at radius 3 is 2.67 bits per heavy atom. The number of halogens is 2. The summed E-state index contributed by atoms with van der Waals surface area (Å²) in [4.78, 5) is 4.16. The van der Waals surface area contributed by atoms with E-state index in [9.17, 15) is 8.42 Å². The van der Waals surface area contributed by atoms with Gasteiger partial charge in [0.25, 0.3) is 0 Å². The molecular formula is C13H12Br2N2O3S. The lowest BCUT2D eigenvalue weighted by Gasteiger charge is -2.09. The summed E-state index contributed by atoms with van der Waals surface area (Å²) in [5.74, 6) is 0.441. The van der Waals surface area contributed by atoms with Crippen molar-refractivity contribution < 1.29 is 13.2 Å². The summed E-state index contributed by atoms with van der Waals surface area (Å²) < 4.78 is 33.4. The van der Waals surface area contributed by atoms with Crippen molar-refractivity contribution in [1.82, 2.24) is 9.71 Å². The molecule has 0 aliphatic rings. The van der Waals surface area contributed by atoms with Crippen LogP contribution >= 0.6 is 31.9 Å². The summed E-state index contributed by atoms with van der Waals surface area (Å²) in [5, 5.41) is 0. The molecule has 0 fully saturated rings. The highest BCUT2D eigenvalue weighted by molar-refractivity contribution is 9.11. The van der Waals surface area contributed by atoms with E-state index < -0.39 is 10.0 Å². The van der Waals surface area contributed by atoms with Gasteiger partial charge in [-0.15, -0.1) is 0 Å². The number of nitrogens with zero attached hydrogens (tertiary/aromatic N) is 1. The largest absolute Gasteiger partial charge is 0.481 e. The summed E-state index contributed by atoms with van der Waals surface area (Å²) in [6.45, 7) is 0.156. The number of rotatable bonds is 5. The average molecular weight is 436 g/mol. The molecule has 0 saturated heterocycles. The van der Waals surface area contributed by atoms with Crippen molar-refractivity contribution in [3.8, 4) is 5.88 Å². The quantitative estimate of drug-likeness (QED) is 0.783. The van der Waals surface area contributed by atoms with Crippen LogP contribution in [0.15, 0.2) is 50.4 Å². The van der Waals surface area contributed by atoms with Crippen molar-refractivity contribution in [3.05, 3.63) is 51.0 Å². The van der Waals surface area contributed by atoms with Crippen molar-refractivity contribution in [2.45, 2.75) is 11.4 Å². The molecule has 0 aliphatic heterocycles. The number of aromatic nitrogens is 1. The highest BCUT2D eigenvalue weighted by Gasteiger charge is 2.17. The number of sulfonamides is 1. The Morgan fingerprint density at radius 1 is 1.24 bits per heavy atom. The number of benzene rings is 1. The summed E-state index contributed by atoms with van der Waals surface area (Å²) in [6.07, 6.45) is 1.57. The molecule has 21 heavy (non-hydrogen) atoms. The van der Waals surface area contributed by atoms with Crippen LogP contribution in [0.1, 0.15) is 5.56 Å². The fourth-order valence-electron chi connectivity index (χ4n) is 1.62. The zero-order valence-corrected chi connectivity index (χ0v) is 15.0. The van der Waals surface area contributed by atoms with Gasteiger partial charge in [0.15, 0.2) is 0 Å². The smallest absolute Gasteiger partial charge is 0.241 e. The van der Waals surface area contributed by atoms with E-state index in [1.807, 2.05) is 0 Å². The third kappa shape index (κ3) is 4.26. The third-order valence-corrected chi connectivity index (χ3v) is 5.53. The number of hydrogen-bond donors (Lipinski definition) is 1. The van der Waals surface area contributed by atoms with Gasteiger partial charge in [-0.25, -0.2) is 18.1 Å². The van der Waals surface area contributed by atoms with Crippen molar-refractivity contribution in [3.63, 3.8) is 0 Å². The number of hydrogen-bond acceptors (Lipinski definition) is 4. The molecule has 0 aliphatic carbocycles. The van der Waals surface area contributed by atoms with Crippen molar-refractivity contribution >= 4 is 41.9 Å². The molecule has 1 aromatic heterocycles. The molecule has 1 heterocycles. The van der Waals surface area contributed by atoms with Crippen LogP contribution in [0.4, 0.5) is 0 Å². The number of methoxy groups -OCH3 is 1. The van der Waals surface area contributed by atoms with Crippen LogP contribution in [-0.4, -0.2) is 20.5 Å². The van der Waals surface area contributed by atoms with E-state index in [2.05, 4.69) is 41.6 Å². The lowest BCUT2D eigenvalue weighted by atomic mass is 10.3. The van der Waals surface area contributed by atoms with Crippen LogP contribution in [0, 0.1) is 0 Å².